The number of carbonyl (C=O) groups excluding carboxylic acids is 2. The van der Waals surface area contributed by atoms with E-state index in [4.69, 9.17) is 0 Å². The van der Waals surface area contributed by atoms with Crippen LogP contribution in [0.1, 0.15) is 25.5 Å². The van der Waals surface area contributed by atoms with Gasteiger partial charge in [-0.25, -0.2) is 13.6 Å². The van der Waals surface area contributed by atoms with E-state index >= 15 is 0 Å². The lowest BCUT2D eigenvalue weighted by molar-refractivity contribution is -0.710. The highest BCUT2D eigenvalue weighted by molar-refractivity contribution is 5.93. The summed E-state index contributed by atoms with van der Waals surface area (Å²) >= 11 is 0. The van der Waals surface area contributed by atoms with E-state index in [-0.39, 0.29) is 6.04 Å². The molecule has 0 unspecified atom stereocenters. The van der Waals surface area contributed by atoms with Crippen LogP contribution in [0.3, 0.4) is 0 Å². The summed E-state index contributed by atoms with van der Waals surface area (Å²) in [7, 11) is 1.15. The van der Waals surface area contributed by atoms with E-state index in [1.54, 1.807) is 19.2 Å². The molecule has 20 heavy (non-hydrogen) atoms. The van der Waals surface area contributed by atoms with Crippen LogP contribution in [0, 0.1) is 11.6 Å². The number of methoxy groups -OCH3 is 1. The summed E-state index contributed by atoms with van der Waals surface area (Å²) in [4.78, 5) is 22.5. The highest BCUT2D eigenvalue weighted by Crippen LogP contribution is 2.13. The summed E-state index contributed by atoms with van der Waals surface area (Å²) < 4.78 is 30.3. The van der Waals surface area contributed by atoms with Crippen molar-refractivity contribution in [3.8, 4) is 0 Å². The van der Waals surface area contributed by atoms with Gasteiger partial charge in [0.1, 0.15) is 6.04 Å². The Labute approximate surface area is 115 Å². The van der Waals surface area contributed by atoms with Crippen LogP contribution in [0.4, 0.5) is 13.6 Å². The van der Waals surface area contributed by atoms with Gasteiger partial charge in [-0.05, 0) is 32.0 Å². The monoisotopic (exact) mass is 287 g/mol. The summed E-state index contributed by atoms with van der Waals surface area (Å²) in [5.74, 6) is -2.38. The van der Waals surface area contributed by atoms with Crippen LogP contribution < -0.4 is 10.6 Å². The minimum absolute atomic E-state index is 0.275. The predicted octanol–water partition coefficient (Wildman–Crippen LogP) is 0.860. The van der Waals surface area contributed by atoms with Gasteiger partial charge in [0.15, 0.2) is 17.7 Å². The molecule has 1 aromatic carbocycles. The number of hydrogen-bond donors (Lipinski definition) is 2. The van der Waals surface area contributed by atoms with E-state index in [9.17, 15) is 18.4 Å². The van der Waals surface area contributed by atoms with Gasteiger partial charge in [-0.3, -0.25) is 10.1 Å². The smallest absolute Gasteiger partial charge is 0.413 e. The normalized spacial score (nSPS) is 13.4. The minimum atomic E-state index is -0.936. The molecule has 1 aromatic rings. The molecule has 0 fully saturated rings. The van der Waals surface area contributed by atoms with Crippen LogP contribution in [-0.4, -0.2) is 25.2 Å². The van der Waals surface area contributed by atoms with Crippen LogP contribution in [0.15, 0.2) is 18.2 Å². The average molecular weight is 287 g/mol. The minimum Gasteiger partial charge on any atom is -0.453 e. The third kappa shape index (κ3) is 4.27. The second-order valence-electron chi connectivity index (χ2n) is 4.42. The molecule has 0 heterocycles. The number of hydrogen-bond acceptors (Lipinski definition) is 3. The molecule has 110 valence electrons. The Hall–Kier alpha value is -2.02. The number of rotatable bonds is 4. The van der Waals surface area contributed by atoms with E-state index in [0.717, 1.165) is 19.2 Å². The van der Waals surface area contributed by atoms with Gasteiger partial charge in [0.25, 0.3) is 5.91 Å². The molecule has 1 rings (SSSR count). The lowest BCUT2D eigenvalue weighted by Gasteiger charge is -2.16. The van der Waals surface area contributed by atoms with Crippen LogP contribution in [0.5, 0.6) is 0 Å². The number of halogens is 2. The van der Waals surface area contributed by atoms with E-state index < -0.39 is 29.7 Å². The van der Waals surface area contributed by atoms with Crippen LogP contribution in [0.2, 0.25) is 0 Å². The number of amides is 2. The van der Waals surface area contributed by atoms with Gasteiger partial charge in [-0.2, -0.15) is 0 Å². The number of alkyl carbamates (subject to hydrolysis) is 1. The van der Waals surface area contributed by atoms with Gasteiger partial charge in [-0.1, -0.05) is 0 Å². The highest BCUT2D eigenvalue weighted by Gasteiger charge is 2.22. The van der Waals surface area contributed by atoms with Gasteiger partial charge in [-0.15, -0.1) is 0 Å². The topological polar surface area (TPSA) is 72.0 Å². The second-order valence-corrected chi connectivity index (χ2v) is 4.42. The maximum absolute atomic E-state index is 13.1. The van der Waals surface area contributed by atoms with Crippen molar-refractivity contribution in [1.82, 2.24) is 5.32 Å². The number of quaternary nitrogens is 1. The molecule has 0 bridgehead atoms. The highest BCUT2D eigenvalue weighted by atomic mass is 19.2. The van der Waals surface area contributed by atoms with Crippen molar-refractivity contribution >= 4 is 12.0 Å². The van der Waals surface area contributed by atoms with Gasteiger partial charge < -0.3 is 10.1 Å². The van der Waals surface area contributed by atoms with Crippen molar-refractivity contribution in [2.45, 2.75) is 25.9 Å². The molecule has 0 aliphatic heterocycles. The van der Waals surface area contributed by atoms with Crippen molar-refractivity contribution in [3.05, 3.63) is 35.4 Å². The maximum Gasteiger partial charge on any atom is 0.413 e. The zero-order chi connectivity index (χ0) is 15.3. The van der Waals surface area contributed by atoms with Crippen LogP contribution >= 0.6 is 0 Å². The molecule has 0 aromatic heterocycles. The number of imide groups is 1. The van der Waals surface area contributed by atoms with Gasteiger partial charge in [0, 0.05) is 5.56 Å². The van der Waals surface area contributed by atoms with E-state index in [1.807, 2.05) is 5.32 Å². The molecule has 0 saturated heterocycles. The number of benzene rings is 1. The number of nitrogens with two attached hydrogens (primary N) is 1. The molecule has 2 atom stereocenters. The Kier molecular flexibility index (Phi) is 5.57. The fourth-order valence-corrected chi connectivity index (χ4v) is 1.69. The molecular weight excluding hydrogens is 270 g/mol. The molecule has 5 nitrogen and oxygen atoms in total. The van der Waals surface area contributed by atoms with Crippen LogP contribution in [0.25, 0.3) is 0 Å². The number of ether oxygens (including phenoxy) is 1. The summed E-state index contributed by atoms with van der Waals surface area (Å²) in [6, 6.07) is 2.71. The molecule has 0 spiro atoms. The molecule has 0 radical (unpaired) electrons. The molecule has 7 heteroatoms. The molecule has 2 amide bonds. The summed E-state index contributed by atoms with van der Waals surface area (Å²) in [5.41, 5.74) is 0.543. The van der Waals surface area contributed by atoms with E-state index in [2.05, 4.69) is 4.74 Å². The lowest BCUT2D eigenvalue weighted by atomic mass is 10.1. The lowest BCUT2D eigenvalue weighted by Crippen LogP contribution is -2.92. The molecule has 0 aliphatic carbocycles. The molecule has 3 N–H and O–H groups in total. The summed E-state index contributed by atoms with van der Waals surface area (Å²) in [6.45, 7) is 3.34. The van der Waals surface area contributed by atoms with Crippen LogP contribution in [-0.2, 0) is 9.53 Å². The second kappa shape index (κ2) is 6.95. The van der Waals surface area contributed by atoms with E-state index in [1.165, 1.54) is 6.07 Å². The Morgan fingerprint density at radius 1 is 1.25 bits per heavy atom. The first-order valence-corrected chi connectivity index (χ1v) is 6.04. The zero-order valence-corrected chi connectivity index (χ0v) is 11.4. The number of nitrogens with one attached hydrogen (secondary N) is 1. The largest absolute Gasteiger partial charge is 0.453 e. The Bertz CT molecular complexity index is 508. The molecule has 0 aliphatic rings. The zero-order valence-electron chi connectivity index (χ0n) is 11.4. The maximum atomic E-state index is 13.1. The Morgan fingerprint density at radius 2 is 1.90 bits per heavy atom. The van der Waals surface area contributed by atoms with Gasteiger partial charge in [0.05, 0.1) is 7.11 Å². The first-order chi connectivity index (χ1) is 9.35. The summed E-state index contributed by atoms with van der Waals surface area (Å²) in [6.07, 6.45) is -0.837. The van der Waals surface area contributed by atoms with Gasteiger partial charge >= 0.3 is 6.09 Å². The van der Waals surface area contributed by atoms with Crippen molar-refractivity contribution < 1.29 is 28.4 Å². The van der Waals surface area contributed by atoms with Crippen molar-refractivity contribution in [2.75, 3.05) is 7.11 Å². The number of carbonyl (C=O) groups is 2. The van der Waals surface area contributed by atoms with Gasteiger partial charge in [0.2, 0.25) is 0 Å². The quantitative estimate of drug-likeness (QED) is 0.862. The first kappa shape index (κ1) is 16.0. The van der Waals surface area contributed by atoms with Crippen molar-refractivity contribution in [3.63, 3.8) is 0 Å². The third-order valence-electron chi connectivity index (χ3n) is 2.87. The average Bonchev–Trinajstić information content (AvgIpc) is 2.41. The molecule has 0 saturated carbocycles. The molecular formula is C13H17F2N2O3+. The summed E-state index contributed by atoms with van der Waals surface area (Å²) in [5, 5.41) is 3.67. The van der Waals surface area contributed by atoms with Crippen molar-refractivity contribution in [2.24, 2.45) is 0 Å². The SMILES string of the molecule is COC(=O)NC(=O)[C@H](C)[NH2+][C@@H](C)c1ccc(F)c(F)c1. The predicted molar refractivity (Wildman–Crippen MR) is 66.7 cm³/mol. The van der Waals surface area contributed by atoms with E-state index in [0.29, 0.717) is 5.56 Å². The first-order valence-electron chi connectivity index (χ1n) is 6.04. The third-order valence-corrected chi connectivity index (χ3v) is 2.87. The fourth-order valence-electron chi connectivity index (χ4n) is 1.69. The van der Waals surface area contributed by atoms with Crippen molar-refractivity contribution in [1.29, 1.82) is 0 Å². The Morgan fingerprint density at radius 3 is 2.45 bits per heavy atom. The standard InChI is InChI=1S/C13H16F2N2O3/c1-7(9-4-5-10(14)11(15)6-9)16-8(2)12(18)17-13(19)20-3/h4-8,16H,1-3H3,(H,17,18,19)/p+1/t7-,8-/m0/s1. The Balaban J connectivity index is 2.64. The fraction of sp³-hybridized carbons (Fsp3) is 0.385.